The summed E-state index contributed by atoms with van der Waals surface area (Å²) in [7, 11) is 0. The van der Waals surface area contributed by atoms with Gasteiger partial charge in [0.2, 0.25) is 0 Å². The van der Waals surface area contributed by atoms with E-state index in [9.17, 15) is 18.8 Å². The molecule has 4 rings (SSSR count). The van der Waals surface area contributed by atoms with Gasteiger partial charge in [0, 0.05) is 29.4 Å². The number of ketones is 1. The van der Waals surface area contributed by atoms with Crippen LogP contribution in [0.3, 0.4) is 0 Å². The minimum atomic E-state index is -0.502. The molecule has 3 aromatic carbocycles. The van der Waals surface area contributed by atoms with Crippen LogP contribution in [-0.2, 0) is 24.3 Å². The van der Waals surface area contributed by atoms with Gasteiger partial charge in [0.1, 0.15) is 11.6 Å². The van der Waals surface area contributed by atoms with Gasteiger partial charge in [0.25, 0.3) is 5.56 Å². The molecule has 0 amide bonds. The topological polar surface area (TPSA) is 61.1 Å². The molecule has 1 aromatic heterocycles. The van der Waals surface area contributed by atoms with Crippen molar-refractivity contribution in [3.8, 4) is 0 Å². The molecule has 35 heavy (non-hydrogen) atoms. The molecular formula is C27H23Cl2FN2O3. The van der Waals surface area contributed by atoms with Crippen molar-refractivity contribution in [2.75, 3.05) is 0 Å². The number of para-hydroxylation sites is 1. The van der Waals surface area contributed by atoms with Crippen molar-refractivity contribution in [3.05, 3.63) is 115 Å². The summed E-state index contributed by atoms with van der Waals surface area (Å²) in [5.41, 5.74) is 1.03. The first-order valence-corrected chi connectivity index (χ1v) is 12.0. The van der Waals surface area contributed by atoms with E-state index in [1.54, 1.807) is 30.3 Å². The highest BCUT2D eigenvalue weighted by Crippen LogP contribution is 2.20. The molecular weight excluding hydrogens is 490 g/mol. The van der Waals surface area contributed by atoms with E-state index in [0.29, 0.717) is 40.8 Å². The van der Waals surface area contributed by atoms with E-state index in [2.05, 4.69) is 0 Å². The van der Waals surface area contributed by atoms with Crippen LogP contribution in [-0.4, -0.2) is 14.9 Å². The van der Waals surface area contributed by atoms with Crippen LogP contribution in [0.4, 0.5) is 4.39 Å². The van der Waals surface area contributed by atoms with Crippen molar-refractivity contribution >= 4 is 39.9 Å². The standard InChI is InChI=1S/C27H23Cl2FN2O3/c28-23-9-3-1-6-18(23)12-14-21(33)7-5-15-31-26(34)22-8-2-4-10-25(22)32(27(31)35)17-19-11-13-20(30)16-24(19)29/h1-4,6,8-11,13,16H,5,7,12,14-15,17H2. The largest absolute Gasteiger partial charge is 0.331 e. The summed E-state index contributed by atoms with van der Waals surface area (Å²) in [6, 6.07) is 18.2. The molecule has 0 saturated carbocycles. The molecule has 0 radical (unpaired) electrons. The fourth-order valence-corrected chi connectivity index (χ4v) is 4.53. The van der Waals surface area contributed by atoms with Gasteiger partial charge < -0.3 is 0 Å². The molecule has 0 N–H and O–H groups in total. The summed E-state index contributed by atoms with van der Waals surface area (Å²) in [5, 5.41) is 1.21. The Morgan fingerprint density at radius 1 is 0.829 bits per heavy atom. The number of fused-ring (bicyclic) bond motifs is 1. The zero-order valence-corrected chi connectivity index (χ0v) is 20.4. The smallest absolute Gasteiger partial charge is 0.300 e. The van der Waals surface area contributed by atoms with Gasteiger partial charge in [-0.3, -0.25) is 18.7 Å². The maximum atomic E-state index is 13.5. The van der Waals surface area contributed by atoms with Crippen LogP contribution < -0.4 is 11.2 Å². The summed E-state index contributed by atoms with van der Waals surface area (Å²) in [6.07, 6.45) is 1.47. The Morgan fingerprint density at radius 3 is 2.34 bits per heavy atom. The molecule has 0 saturated heterocycles. The second-order valence-corrected chi connectivity index (χ2v) is 9.13. The number of halogens is 3. The summed E-state index contributed by atoms with van der Waals surface area (Å²) in [4.78, 5) is 38.8. The van der Waals surface area contributed by atoms with E-state index in [1.165, 1.54) is 22.8 Å². The molecule has 0 fully saturated rings. The molecule has 0 unspecified atom stereocenters. The fourth-order valence-electron chi connectivity index (χ4n) is 4.08. The number of hydrogen-bond donors (Lipinski definition) is 0. The lowest BCUT2D eigenvalue weighted by molar-refractivity contribution is -0.119. The predicted octanol–water partition coefficient (Wildman–Crippen LogP) is 5.64. The van der Waals surface area contributed by atoms with Crippen molar-refractivity contribution in [1.82, 2.24) is 9.13 Å². The fraction of sp³-hybridized carbons (Fsp3) is 0.222. The van der Waals surface area contributed by atoms with Crippen molar-refractivity contribution in [1.29, 1.82) is 0 Å². The first-order valence-electron chi connectivity index (χ1n) is 11.3. The van der Waals surface area contributed by atoms with Crippen molar-refractivity contribution in [3.63, 3.8) is 0 Å². The highest BCUT2D eigenvalue weighted by molar-refractivity contribution is 6.31. The van der Waals surface area contributed by atoms with E-state index in [1.807, 2.05) is 18.2 Å². The molecule has 5 nitrogen and oxygen atoms in total. The number of benzene rings is 3. The number of nitrogens with zero attached hydrogens (tertiary/aromatic N) is 2. The van der Waals surface area contributed by atoms with Gasteiger partial charge in [0.15, 0.2) is 0 Å². The maximum Gasteiger partial charge on any atom is 0.331 e. The monoisotopic (exact) mass is 512 g/mol. The average molecular weight is 513 g/mol. The zero-order chi connectivity index (χ0) is 24.9. The first-order chi connectivity index (χ1) is 16.8. The molecule has 0 aliphatic heterocycles. The second-order valence-electron chi connectivity index (χ2n) is 8.31. The average Bonchev–Trinajstić information content (AvgIpc) is 2.84. The lowest BCUT2D eigenvalue weighted by Crippen LogP contribution is -2.40. The number of rotatable bonds is 9. The van der Waals surface area contributed by atoms with Crippen molar-refractivity contribution in [2.24, 2.45) is 0 Å². The van der Waals surface area contributed by atoms with Crippen LogP contribution in [0.25, 0.3) is 10.9 Å². The third-order valence-corrected chi connectivity index (χ3v) is 6.66. The van der Waals surface area contributed by atoms with Crippen LogP contribution in [0.5, 0.6) is 0 Å². The Hall–Kier alpha value is -3.22. The van der Waals surface area contributed by atoms with Crippen molar-refractivity contribution < 1.29 is 9.18 Å². The minimum Gasteiger partial charge on any atom is -0.300 e. The number of carbonyl (C=O) groups excluding carboxylic acids is 1. The molecule has 180 valence electrons. The van der Waals surface area contributed by atoms with Crippen LogP contribution in [0, 0.1) is 5.82 Å². The third kappa shape index (κ3) is 5.72. The molecule has 4 aromatic rings. The molecule has 0 aliphatic rings. The van der Waals surface area contributed by atoms with Crippen LogP contribution in [0.1, 0.15) is 30.4 Å². The van der Waals surface area contributed by atoms with Gasteiger partial charge in [-0.1, -0.05) is 59.6 Å². The van der Waals surface area contributed by atoms with E-state index in [-0.39, 0.29) is 30.3 Å². The predicted molar refractivity (Wildman–Crippen MR) is 137 cm³/mol. The molecule has 0 spiro atoms. The van der Waals surface area contributed by atoms with Gasteiger partial charge in [-0.05, 0) is 54.3 Å². The molecule has 0 bridgehead atoms. The lowest BCUT2D eigenvalue weighted by Gasteiger charge is -2.15. The number of hydrogen-bond acceptors (Lipinski definition) is 3. The zero-order valence-electron chi connectivity index (χ0n) is 18.8. The summed E-state index contributed by atoms with van der Waals surface area (Å²) in [6.45, 7) is 0.187. The van der Waals surface area contributed by atoms with Crippen LogP contribution in [0.2, 0.25) is 10.0 Å². The number of aryl methyl sites for hydroxylation is 1. The van der Waals surface area contributed by atoms with Crippen LogP contribution in [0.15, 0.2) is 76.3 Å². The molecule has 0 aliphatic carbocycles. The maximum absolute atomic E-state index is 13.5. The van der Waals surface area contributed by atoms with Crippen LogP contribution >= 0.6 is 23.2 Å². The molecule has 8 heteroatoms. The SMILES string of the molecule is O=C(CCCn1c(=O)c2ccccc2n(Cc2ccc(F)cc2Cl)c1=O)CCc1ccccc1Cl. The number of aromatic nitrogens is 2. The lowest BCUT2D eigenvalue weighted by atomic mass is 10.1. The highest BCUT2D eigenvalue weighted by Gasteiger charge is 2.15. The van der Waals surface area contributed by atoms with Crippen molar-refractivity contribution in [2.45, 2.75) is 38.8 Å². The quantitative estimate of drug-likeness (QED) is 0.291. The molecule has 1 heterocycles. The Labute approximate surface area is 211 Å². The second kappa shape index (κ2) is 11.0. The van der Waals surface area contributed by atoms with E-state index in [0.717, 1.165) is 10.1 Å². The van der Waals surface area contributed by atoms with E-state index in [4.69, 9.17) is 23.2 Å². The van der Waals surface area contributed by atoms with Gasteiger partial charge in [-0.15, -0.1) is 0 Å². The summed E-state index contributed by atoms with van der Waals surface area (Å²) in [5.74, 6) is -0.433. The summed E-state index contributed by atoms with van der Waals surface area (Å²) >= 11 is 12.3. The summed E-state index contributed by atoms with van der Waals surface area (Å²) < 4.78 is 16.1. The Morgan fingerprint density at radius 2 is 1.57 bits per heavy atom. The Bertz CT molecular complexity index is 1510. The molecule has 0 atom stereocenters. The normalized spacial score (nSPS) is 11.2. The van der Waals surface area contributed by atoms with Gasteiger partial charge in [-0.2, -0.15) is 0 Å². The van der Waals surface area contributed by atoms with Gasteiger partial charge in [-0.25, -0.2) is 9.18 Å². The van der Waals surface area contributed by atoms with Gasteiger partial charge in [0.05, 0.1) is 17.4 Å². The first kappa shape index (κ1) is 24.9. The Balaban J connectivity index is 1.54. The van der Waals surface area contributed by atoms with Gasteiger partial charge >= 0.3 is 5.69 Å². The minimum absolute atomic E-state index is 0.0391. The number of Topliss-reactive ketones (excluding diaryl/α,β-unsaturated/α-hetero) is 1. The highest BCUT2D eigenvalue weighted by atomic mass is 35.5. The third-order valence-electron chi connectivity index (χ3n) is 5.94. The van der Waals surface area contributed by atoms with E-state index >= 15 is 0 Å². The Kier molecular flexibility index (Phi) is 7.83. The number of carbonyl (C=O) groups is 1. The van der Waals surface area contributed by atoms with E-state index < -0.39 is 17.1 Å².